The molecule has 0 radical (unpaired) electrons. The van der Waals surface area contributed by atoms with Crippen LogP contribution in [-0.2, 0) is 0 Å². The van der Waals surface area contributed by atoms with Crippen LogP contribution in [-0.4, -0.2) is 55.6 Å². The number of benzene rings is 1. The lowest BCUT2D eigenvalue weighted by atomic mass is 10.0. The van der Waals surface area contributed by atoms with Gasteiger partial charge in [0.2, 0.25) is 0 Å². The zero-order chi connectivity index (χ0) is 15.2. The Morgan fingerprint density at radius 2 is 2.00 bits per heavy atom. The molecule has 1 aliphatic heterocycles. The predicted molar refractivity (Wildman–Crippen MR) is 90.6 cm³/mol. The molecule has 1 aliphatic rings. The Hall–Kier alpha value is -0.900. The topological polar surface area (TPSA) is 18.5 Å². The number of likely N-dealkylation sites (N-methyl/N-ethyl adjacent to an activating group) is 2. The molecule has 0 saturated carbocycles. The summed E-state index contributed by atoms with van der Waals surface area (Å²) < 4.78 is 0. The lowest BCUT2D eigenvalue weighted by Crippen LogP contribution is -2.42. The molecular formula is C18H31N3. The third kappa shape index (κ3) is 4.80. The van der Waals surface area contributed by atoms with E-state index in [0.717, 1.165) is 13.1 Å². The van der Waals surface area contributed by atoms with Crippen molar-refractivity contribution in [2.75, 3.05) is 33.7 Å². The van der Waals surface area contributed by atoms with Crippen LogP contribution in [0, 0.1) is 0 Å². The highest BCUT2D eigenvalue weighted by Gasteiger charge is 2.25. The second-order valence-electron chi connectivity index (χ2n) is 6.71. The maximum Gasteiger partial charge on any atom is 0.0470 e. The van der Waals surface area contributed by atoms with Crippen LogP contribution >= 0.6 is 0 Å². The van der Waals surface area contributed by atoms with Crippen molar-refractivity contribution in [2.24, 2.45) is 0 Å². The molecule has 0 amide bonds. The number of hydrogen-bond donors (Lipinski definition) is 1. The van der Waals surface area contributed by atoms with Crippen molar-refractivity contribution in [3.05, 3.63) is 35.9 Å². The van der Waals surface area contributed by atoms with E-state index < -0.39 is 0 Å². The summed E-state index contributed by atoms with van der Waals surface area (Å²) in [6.07, 6.45) is 2.68. The van der Waals surface area contributed by atoms with Gasteiger partial charge in [-0.1, -0.05) is 44.2 Å². The maximum absolute atomic E-state index is 3.61. The summed E-state index contributed by atoms with van der Waals surface area (Å²) in [6, 6.07) is 12.6. The second-order valence-corrected chi connectivity index (χ2v) is 6.71. The van der Waals surface area contributed by atoms with E-state index in [4.69, 9.17) is 0 Å². The van der Waals surface area contributed by atoms with E-state index in [1.807, 2.05) is 0 Å². The molecule has 1 heterocycles. The van der Waals surface area contributed by atoms with Gasteiger partial charge in [-0.2, -0.15) is 0 Å². The molecule has 1 aromatic rings. The fourth-order valence-corrected chi connectivity index (χ4v) is 3.22. The highest BCUT2D eigenvalue weighted by molar-refractivity contribution is 5.19. The number of nitrogens with one attached hydrogen (secondary N) is 1. The van der Waals surface area contributed by atoms with Crippen LogP contribution in [0.2, 0.25) is 0 Å². The summed E-state index contributed by atoms with van der Waals surface area (Å²) in [5.74, 6) is 0. The van der Waals surface area contributed by atoms with Gasteiger partial charge in [-0.25, -0.2) is 0 Å². The molecule has 0 spiro atoms. The normalized spacial score (nSPS) is 21.3. The second kappa shape index (κ2) is 7.92. The number of nitrogens with zero attached hydrogens (tertiary/aromatic N) is 2. The first-order valence-corrected chi connectivity index (χ1v) is 8.26. The average Bonchev–Trinajstić information content (AvgIpc) is 2.85. The van der Waals surface area contributed by atoms with E-state index >= 15 is 0 Å². The van der Waals surface area contributed by atoms with E-state index in [1.54, 1.807) is 0 Å². The van der Waals surface area contributed by atoms with Gasteiger partial charge < -0.3 is 10.2 Å². The standard InChI is InChI=1S/C18H31N3/c1-15(2)19-13-18(16-9-6-5-7-10-16)21(4)14-17-11-8-12-20(17)3/h5-7,9-10,15,17-19H,8,11-14H2,1-4H3. The first kappa shape index (κ1) is 16.5. The highest BCUT2D eigenvalue weighted by Crippen LogP contribution is 2.22. The van der Waals surface area contributed by atoms with Crippen LogP contribution in [0.4, 0.5) is 0 Å². The zero-order valence-electron chi connectivity index (χ0n) is 14.0. The predicted octanol–water partition coefficient (Wildman–Crippen LogP) is 2.75. The van der Waals surface area contributed by atoms with Crippen LogP contribution < -0.4 is 5.32 Å². The van der Waals surface area contributed by atoms with Crippen molar-refractivity contribution in [2.45, 2.75) is 44.8 Å². The Balaban J connectivity index is 2.03. The SMILES string of the molecule is CC(C)NCC(c1ccccc1)N(C)CC1CCCN1C. The van der Waals surface area contributed by atoms with Crippen LogP contribution in [0.1, 0.15) is 38.3 Å². The van der Waals surface area contributed by atoms with Gasteiger partial charge in [0.15, 0.2) is 0 Å². The summed E-state index contributed by atoms with van der Waals surface area (Å²) in [7, 11) is 4.53. The van der Waals surface area contributed by atoms with Crippen LogP contribution in [0.3, 0.4) is 0 Å². The first-order valence-electron chi connectivity index (χ1n) is 8.26. The quantitative estimate of drug-likeness (QED) is 0.832. The molecule has 1 aromatic carbocycles. The Labute approximate surface area is 130 Å². The molecule has 0 aliphatic carbocycles. The molecule has 3 nitrogen and oxygen atoms in total. The maximum atomic E-state index is 3.61. The van der Waals surface area contributed by atoms with E-state index in [-0.39, 0.29) is 0 Å². The van der Waals surface area contributed by atoms with Gasteiger partial charge in [-0.15, -0.1) is 0 Å². The zero-order valence-corrected chi connectivity index (χ0v) is 14.0. The van der Waals surface area contributed by atoms with Crippen LogP contribution in [0.25, 0.3) is 0 Å². The monoisotopic (exact) mass is 289 g/mol. The van der Waals surface area contributed by atoms with Crippen molar-refractivity contribution in [3.63, 3.8) is 0 Å². The van der Waals surface area contributed by atoms with E-state index in [1.165, 1.54) is 24.9 Å². The first-order chi connectivity index (χ1) is 10.1. The summed E-state index contributed by atoms with van der Waals surface area (Å²) in [4.78, 5) is 5.03. The smallest absolute Gasteiger partial charge is 0.0470 e. The lowest BCUT2D eigenvalue weighted by molar-refractivity contribution is 0.172. The van der Waals surface area contributed by atoms with E-state index in [9.17, 15) is 0 Å². The summed E-state index contributed by atoms with van der Waals surface area (Å²) in [5, 5.41) is 3.61. The molecule has 1 saturated heterocycles. The number of hydrogen-bond acceptors (Lipinski definition) is 3. The third-order valence-corrected chi connectivity index (χ3v) is 4.61. The Kier molecular flexibility index (Phi) is 6.22. The van der Waals surface area contributed by atoms with Gasteiger partial charge in [0.05, 0.1) is 0 Å². The molecule has 1 N–H and O–H groups in total. The van der Waals surface area contributed by atoms with Crippen molar-refractivity contribution in [1.29, 1.82) is 0 Å². The molecule has 3 heteroatoms. The minimum atomic E-state index is 0.447. The van der Waals surface area contributed by atoms with Gasteiger partial charge in [-0.3, -0.25) is 4.90 Å². The minimum Gasteiger partial charge on any atom is -0.313 e. The highest BCUT2D eigenvalue weighted by atomic mass is 15.2. The van der Waals surface area contributed by atoms with Crippen molar-refractivity contribution >= 4 is 0 Å². The fourth-order valence-electron chi connectivity index (χ4n) is 3.22. The van der Waals surface area contributed by atoms with Crippen molar-refractivity contribution in [3.8, 4) is 0 Å². The Morgan fingerprint density at radius 3 is 2.57 bits per heavy atom. The summed E-state index contributed by atoms with van der Waals surface area (Å²) in [5.41, 5.74) is 1.41. The van der Waals surface area contributed by atoms with Crippen LogP contribution in [0.5, 0.6) is 0 Å². The van der Waals surface area contributed by atoms with Gasteiger partial charge in [0.25, 0.3) is 0 Å². The van der Waals surface area contributed by atoms with Crippen molar-refractivity contribution in [1.82, 2.24) is 15.1 Å². The summed E-state index contributed by atoms with van der Waals surface area (Å²) >= 11 is 0. The average molecular weight is 289 g/mol. The molecule has 0 bridgehead atoms. The molecule has 0 aromatic heterocycles. The molecular weight excluding hydrogens is 258 g/mol. The van der Waals surface area contributed by atoms with Crippen LogP contribution in [0.15, 0.2) is 30.3 Å². The van der Waals surface area contributed by atoms with E-state index in [0.29, 0.717) is 18.1 Å². The third-order valence-electron chi connectivity index (χ3n) is 4.61. The Bertz CT molecular complexity index is 404. The Morgan fingerprint density at radius 1 is 1.29 bits per heavy atom. The van der Waals surface area contributed by atoms with Gasteiger partial charge in [0.1, 0.15) is 0 Å². The lowest BCUT2D eigenvalue weighted by Gasteiger charge is -2.33. The van der Waals surface area contributed by atoms with Gasteiger partial charge in [0, 0.05) is 31.2 Å². The summed E-state index contributed by atoms with van der Waals surface area (Å²) in [6.45, 7) is 7.84. The molecule has 21 heavy (non-hydrogen) atoms. The largest absolute Gasteiger partial charge is 0.313 e. The van der Waals surface area contributed by atoms with Crippen molar-refractivity contribution < 1.29 is 0 Å². The molecule has 2 atom stereocenters. The number of likely N-dealkylation sites (tertiary alicyclic amines) is 1. The van der Waals surface area contributed by atoms with E-state index in [2.05, 4.69) is 73.4 Å². The molecule has 118 valence electrons. The van der Waals surface area contributed by atoms with Gasteiger partial charge in [-0.05, 0) is 39.0 Å². The minimum absolute atomic E-state index is 0.447. The molecule has 2 rings (SSSR count). The number of rotatable bonds is 7. The molecule has 1 fully saturated rings. The fraction of sp³-hybridized carbons (Fsp3) is 0.667. The van der Waals surface area contributed by atoms with Gasteiger partial charge >= 0.3 is 0 Å². The molecule has 2 unspecified atom stereocenters.